The second kappa shape index (κ2) is 17.4. The summed E-state index contributed by atoms with van der Waals surface area (Å²) in [5.74, 6) is 0.878. The van der Waals surface area contributed by atoms with E-state index in [1.165, 1.54) is 83.5 Å². The van der Waals surface area contributed by atoms with Crippen LogP contribution in [-0.4, -0.2) is 12.9 Å². The van der Waals surface area contributed by atoms with Crippen LogP contribution in [-0.2, 0) is 0 Å². The summed E-state index contributed by atoms with van der Waals surface area (Å²) in [6.45, 7) is 2.28. The van der Waals surface area contributed by atoms with Gasteiger partial charge in [0.25, 0.3) is 0 Å². The van der Waals surface area contributed by atoms with E-state index in [0.717, 1.165) is 24.0 Å². The van der Waals surface area contributed by atoms with Crippen LogP contribution in [0.25, 0.3) is 11.1 Å². The summed E-state index contributed by atoms with van der Waals surface area (Å²) in [7, 11) is 1.65. The highest BCUT2D eigenvalue weighted by Crippen LogP contribution is 2.28. The molecule has 2 aromatic carbocycles. The lowest BCUT2D eigenvalue weighted by Crippen LogP contribution is -2.02. The molecular weight excluding hydrogens is 404 g/mol. The summed E-state index contributed by atoms with van der Waals surface area (Å²) in [5, 5.41) is 0. The van der Waals surface area contributed by atoms with Crippen molar-refractivity contribution in [3.63, 3.8) is 0 Å². The number of unbranched alkanes of at least 4 members (excludes halogenated alkanes) is 14. The monoisotopic (exact) mass is 450 g/mol. The van der Waals surface area contributed by atoms with Gasteiger partial charge < -0.3 is 4.74 Å². The Morgan fingerprint density at radius 2 is 1.15 bits per heavy atom. The van der Waals surface area contributed by atoms with E-state index < -0.39 is 0 Å². The maximum absolute atomic E-state index is 12.7. The van der Waals surface area contributed by atoms with E-state index in [-0.39, 0.29) is 5.78 Å². The average molecular weight is 451 g/mol. The smallest absolute Gasteiger partial charge is 0.166 e. The molecule has 0 aromatic heterocycles. The van der Waals surface area contributed by atoms with E-state index in [9.17, 15) is 4.79 Å². The molecule has 0 saturated heterocycles. The number of carbonyl (C=O) groups is 1. The van der Waals surface area contributed by atoms with Crippen molar-refractivity contribution >= 4 is 5.78 Å². The highest BCUT2D eigenvalue weighted by Gasteiger charge is 2.13. The predicted molar refractivity (Wildman–Crippen MR) is 142 cm³/mol. The van der Waals surface area contributed by atoms with Crippen molar-refractivity contribution < 1.29 is 9.53 Å². The highest BCUT2D eigenvalue weighted by molar-refractivity contribution is 5.99. The molecule has 0 unspecified atom stereocenters. The van der Waals surface area contributed by atoms with E-state index in [4.69, 9.17) is 4.74 Å². The minimum absolute atomic E-state index is 0.196. The first-order chi connectivity index (χ1) is 16.3. The second-order valence-electron chi connectivity index (χ2n) is 9.40. The molecule has 0 aliphatic rings. The SMILES string of the molecule is CCCCCCCCCCCCCCCCCC(=O)c1ccc(-c2ccccc2)cc1OC. The Morgan fingerprint density at radius 3 is 1.67 bits per heavy atom. The number of methoxy groups -OCH3 is 1. The standard InChI is InChI=1S/C31H46O2/c1-3-4-5-6-7-8-9-10-11-12-13-14-15-16-20-23-30(32)29-25-24-28(26-31(29)33-2)27-21-18-17-19-22-27/h17-19,21-22,24-26H,3-16,20,23H2,1-2H3. The third-order valence-electron chi connectivity index (χ3n) is 6.62. The number of carbonyl (C=O) groups excluding carboxylic acids is 1. The fourth-order valence-corrected chi connectivity index (χ4v) is 4.52. The fraction of sp³-hybridized carbons (Fsp3) is 0.581. The van der Waals surface area contributed by atoms with Crippen LogP contribution >= 0.6 is 0 Å². The van der Waals surface area contributed by atoms with Gasteiger partial charge in [0.1, 0.15) is 5.75 Å². The van der Waals surface area contributed by atoms with Crippen LogP contribution in [0.5, 0.6) is 5.75 Å². The summed E-state index contributed by atoms with van der Waals surface area (Å²) in [6.07, 6.45) is 20.7. The third kappa shape index (κ3) is 11.1. The molecule has 0 N–H and O–H groups in total. The molecule has 0 radical (unpaired) electrons. The topological polar surface area (TPSA) is 26.3 Å². The zero-order chi connectivity index (χ0) is 23.6. The van der Waals surface area contributed by atoms with Gasteiger partial charge in [-0.2, -0.15) is 0 Å². The molecular formula is C31H46O2. The van der Waals surface area contributed by atoms with E-state index in [2.05, 4.69) is 19.1 Å². The Hall–Kier alpha value is -2.09. The van der Waals surface area contributed by atoms with Crippen molar-refractivity contribution in [3.05, 3.63) is 54.1 Å². The predicted octanol–water partition coefficient (Wildman–Crippen LogP) is 9.81. The first kappa shape index (κ1) is 27.2. The van der Waals surface area contributed by atoms with Gasteiger partial charge in [0, 0.05) is 6.42 Å². The fourth-order valence-electron chi connectivity index (χ4n) is 4.52. The van der Waals surface area contributed by atoms with E-state index in [1.807, 2.05) is 36.4 Å². The van der Waals surface area contributed by atoms with Crippen molar-refractivity contribution in [1.29, 1.82) is 0 Å². The number of benzene rings is 2. The van der Waals surface area contributed by atoms with Crippen molar-refractivity contribution in [2.45, 2.75) is 110 Å². The highest BCUT2D eigenvalue weighted by atomic mass is 16.5. The van der Waals surface area contributed by atoms with Crippen LogP contribution in [0.15, 0.2) is 48.5 Å². The van der Waals surface area contributed by atoms with Crippen LogP contribution in [0, 0.1) is 0 Å². The van der Waals surface area contributed by atoms with E-state index in [1.54, 1.807) is 7.11 Å². The van der Waals surface area contributed by atoms with Gasteiger partial charge >= 0.3 is 0 Å². The first-order valence-corrected chi connectivity index (χ1v) is 13.5. The minimum atomic E-state index is 0.196. The zero-order valence-electron chi connectivity index (χ0n) is 21.2. The lowest BCUT2D eigenvalue weighted by molar-refractivity contribution is 0.0976. The molecule has 0 spiro atoms. The molecule has 0 heterocycles. The molecule has 2 heteroatoms. The number of Topliss-reactive ketones (excluding diaryl/α,β-unsaturated/α-hetero) is 1. The molecule has 0 aliphatic carbocycles. The molecule has 0 saturated carbocycles. The van der Waals surface area contributed by atoms with Crippen LogP contribution in [0.3, 0.4) is 0 Å². The van der Waals surface area contributed by atoms with Crippen LogP contribution < -0.4 is 4.74 Å². The number of rotatable bonds is 19. The summed E-state index contributed by atoms with van der Waals surface area (Å²) < 4.78 is 5.54. The first-order valence-electron chi connectivity index (χ1n) is 13.5. The Bertz CT molecular complexity index is 766. The quantitative estimate of drug-likeness (QED) is 0.157. The Labute approximate surface area is 203 Å². The summed E-state index contributed by atoms with van der Waals surface area (Å²) in [4.78, 5) is 12.7. The zero-order valence-corrected chi connectivity index (χ0v) is 21.2. The molecule has 0 fully saturated rings. The van der Waals surface area contributed by atoms with Gasteiger partial charge in [0.05, 0.1) is 12.7 Å². The van der Waals surface area contributed by atoms with Crippen LogP contribution in [0.1, 0.15) is 120 Å². The average Bonchev–Trinajstić information content (AvgIpc) is 2.86. The molecule has 2 nitrogen and oxygen atoms in total. The molecule has 2 rings (SSSR count). The normalized spacial score (nSPS) is 11.0. The van der Waals surface area contributed by atoms with E-state index >= 15 is 0 Å². The Morgan fingerprint density at radius 1 is 0.636 bits per heavy atom. The van der Waals surface area contributed by atoms with Gasteiger partial charge in [-0.25, -0.2) is 0 Å². The number of ether oxygens (including phenoxy) is 1. The van der Waals surface area contributed by atoms with Gasteiger partial charge in [-0.3, -0.25) is 4.79 Å². The van der Waals surface area contributed by atoms with Crippen LogP contribution in [0.2, 0.25) is 0 Å². The van der Waals surface area contributed by atoms with Crippen LogP contribution in [0.4, 0.5) is 0 Å². The molecule has 0 amide bonds. The molecule has 0 atom stereocenters. The maximum atomic E-state index is 12.7. The minimum Gasteiger partial charge on any atom is -0.496 e. The second-order valence-corrected chi connectivity index (χ2v) is 9.40. The third-order valence-corrected chi connectivity index (χ3v) is 6.62. The van der Waals surface area contributed by atoms with Gasteiger partial charge in [-0.1, -0.05) is 133 Å². The molecule has 0 aliphatic heterocycles. The number of hydrogen-bond donors (Lipinski definition) is 0. The molecule has 33 heavy (non-hydrogen) atoms. The number of ketones is 1. The van der Waals surface area contributed by atoms with Gasteiger partial charge in [0.15, 0.2) is 5.78 Å². The van der Waals surface area contributed by atoms with Crippen molar-refractivity contribution in [2.75, 3.05) is 7.11 Å². The lowest BCUT2D eigenvalue weighted by atomic mass is 9.98. The van der Waals surface area contributed by atoms with Gasteiger partial charge in [-0.05, 0) is 29.7 Å². The van der Waals surface area contributed by atoms with Crippen molar-refractivity contribution in [2.24, 2.45) is 0 Å². The molecule has 2 aromatic rings. The van der Waals surface area contributed by atoms with Gasteiger partial charge in [0.2, 0.25) is 0 Å². The Kier molecular flexibility index (Phi) is 14.3. The lowest BCUT2D eigenvalue weighted by Gasteiger charge is -2.10. The maximum Gasteiger partial charge on any atom is 0.166 e. The van der Waals surface area contributed by atoms with E-state index in [0.29, 0.717) is 17.7 Å². The molecule has 0 bridgehead atoms. The van der Waals surface area contributed by atoms with Crippen molar-refractivity contribution in [3.8, 4) is 16.9 Å². The Balaban J connectivity index is 1.53. The summed E-state index contributed by atoms with van der Waals surface area (Å²) in [5.41, 5.74) is 2.93. The largest absolute Gasteiger partial charge is 0.496 e. The number of hydrogen-bond acceptors (Lipinski definition) is 2. The van der Waals surface area contributed by atoms with Gasteiger partial charge in [-0.15, -0.1) is 0 Å². The van der Waals surface area contributed by atoms with Crippen molar-refractivity contribution in [1.82, 2.24) is 0 Å². The molecule has 182 valence electrons. The summed E-state index contributed by atoms with van der Waals surface area (Å²) in [6, 6.07) is 16.1. The summed E-state index contributed by atoms with van der Waals surface area (Å²) >= 11 is 0.